The van der Waals surface area contributed by atoms with Crippen LogP contribution in [0.4, 0.5) is 0 Å². The van der Waals surface area contributed by atoms with Crippen LogP contribution in [-0.4, -0.2) is 30.8 Å². The lowest BCUT2D eigenvalue weighted by molar-refractivity contribution is 0.0129. The average Bonchev–Trinajstić information content (AvgIpc) is 2.16. The predicted molar refractivity (Wildman–Crippen MR) is 83.0 cm³/mol. The fraction of sp³-hybridized carbons (Fsp3) is 0.917. The van der Waals surface area contributed by atoms with Gasteiger partial charge >= 0.3 is 0 Å². The molecule has 1 fully saturated rings. The van der Waals surface area contributed by atoms with Gasteiger partial charge in [0.05, 0.1) is 6.10 Å². The zero-order valence-electron chi connectivity index (χ0n) is 11.2. The molecule has 3 N–H and O–H groups in total. The molecule has 1 saturated heterocycles. The van der Waals surface area contributed by atoms with Crippen LogP contribution in [0, 0.1) is 0 Å². The molecule has 5 heteroatoms. The van der Waals surface area contributed by atoms with Gasteiger partial charge in [0.2, 0.25) is 0 Å². The molecule has 1 aliphatic rings. The molecule has 0 aliphatic carbocycles. The highest BCUT2D eigenvalue weighted by molar-refractivity contribution is 14.0. The number of rotatable bonds is 3. The molecule has 1 aliphatic heterocycles. The quantitative estimate of drug-likeness (QED) is 0.464. The Morgan fingerprint density at radius 1 is 1.41 bits per heavy atom. The first-order valence-electron chi connectivity index (χ1n) is 6.17. The van der Waals surface area contributed by atoms with E-state index >= 15 is 0 Å². The molecule has 4 nitrogen and oxygen atoms in total. The normalized spacial score (nSPS) is 21.8. The first-order valence-corrected chi connectivity index (χ1v) is 6.17. The van der Waals surface area contributed by atoms with Crippen molar-refractivity contribution in [2.24, 2.45) is 10.7 Å². The van der Waals surface area contributed by atoms with Crippen LogP contribution in [0.15, 0.2) is 4.99 Å². The number of guanidine groups is 1. The van der Waals surface area contributed by atoms with Gasteiger partial charge in [0, 0.05) is 18.7 Å². The van der Waals surface area contributed by atoms with Crippen molar-refractivity contribution in [2.75, 3.05) is 13.2 Å². The number of nitrogens with two attached hydrogens (primary N) is 1. The van der Waals surface area contributed by atoms with Crippen molar-refractivity contribution in [1.82, 2.24) is 5.32 Å². The summed E-state index contributed by atoms with van der Waals surface area (Å²) in [6.07, 6.45) is 5.02. The minimum Gasteiger partial charge on any atom is -0.378 e. The van der Waals surface area contributed by atoms with Crippen LogP contribution < -0.4 is 11.1 Å². The van der Waals surface area contributed by atoms with Gasteiger partial charge in [-0.15, -0.1) is 24.0 Å². The van der Waals surface area contributed by atoms with Gasteiger partial charge in [-0.1, -0.05) is 0 Å². The van der Waals surface area contributed by atoms with E-state index in [1.807, 2.05) is 0 Å². The van der Waals surface area contributed by atoms with Crippen molar-refractivity contribution >= 4 is 29.9 Å². The molecule has 0 aromatic rings. The summed E-state index contributed by atoms with van der Waals surface area (Å²) < 4.78 is 5.63. The maximum Gasteiger partial charge on any atom is 0.188 e. The minimum absolute atomic E-state index is 0. The lowest BCUT2D eigenvalue weighted by Gasteiger charge is -2.23. The molecule has 1 atom stereocenters. The summed E-state index contributed by atoms with van der Waals surface area (Å²) in [6.45, 7) is 7.86. The maximum absolute atomic E-state index is 5.77. The van der Waals surface area contributed by atoms with E-state index in [0.717, 1.165) is 19.6 Å². The standard InChI is InChI=1S/C12H25N3O.HI/c1-12(2,3)15-11(13)14-8-7-10-6-4-5-9-16-10;/h10H,4-9H2,1-3H3,(H3,13,14,15);1H. The highest BCUT2D eigenvalue weighted by atomic mass is 127. The van der Waals surface area contributed by atoms with Crippen LogP contribution in [0.3, 0.4) is 0 Å². The van der Waals surface area contributed by atoms with E-state index in [0.29, 0.717) is 12.1 Å². The fourth-order valence-electron chi connectivity index (χ4n) is 1.79. The van der Waals surface area contributed by atoms with Crippen LogP contribution in [-0.2, 0) is 4.74 Å². The van der Waals surface area contributed by atoms with Gasteiger partial charge < -0.3 is 15.8 Å². The third kappa shape index (κ3) is 8.65. The largest absolute Gasteiger partial charge is 0.378 e. The Labute approximate surface area is 122 Å². The Bertz CT molecular complexity index is 232. The highest BCUT2D eigenvalue weighted by Gasteiger charge is 2.13. The molecule has 0 radical (unpaired) electrons. The fourth-order valence-corrected chi connectivity index (χ4v) is 1.79. The topological polar surface area (TPSA) is 59.6 Å². The molecule has 1 unspecified atom stereocenters. The van der Waals surface area contributed by atoms with E-state index < -0.39 is 0 Å². The third-order valence-electron chi connectivity index (χ3n) is 2.51. The van der Waals surface area contributed by atoms with Gasteiger partial charge in [0.25, 0.3) is 0 Å². The van der Waals surface area contributed by atoms with Gasteiger partial charge in [0.15, 0.2) is 5.96 Å². The number of nitrogens with one attached hydrogen (secondary N) is 1. The Hall–Kier alpha value is -0.0400. The Kier molecular flexibility index (Phi) is 8.11. The third-order valence-corrected chi connectivity index (χ3v) is 2.51. The minimum atomic E-state index is -0.0189. The summed E-state index contributed by atoms with van der Waals surface area (Å²) in [7, 11) is 0. The van der Waals surface area contributed by atoms with E-state index in [4.69, 9.17) is 10.5 Å². The molecule has 1 rings (SSSR count). The first kappa shape index (κ1) is 17.0. The van der Waals surface area contributed by atoms with Crippen molar-refractivity contribution in [3.8, 4) is 0 Å². The molecule has 0 amide bonds. The molecule has 17 heavy (non-hydrogen) atoms. The summed E-state index contributed by atoms with van der Waals surface area (Å²) in [5.41, 5.74) is 5.75. The summed E-state index contributed by atoms with van der Waals surface area (Å²) in [6, 6.07) is 0. The van der Waals surface area contributed by atoms with Crippen molar-refractivity contribution < 1.29 is 4.74 Å². The number of hydrogen-bond donors (Lipinski definition) is 2. The molecule has 0 bridgehead atoms. The molecule has 1 heterocycles. The second kappa shape index (κ2) is 8.13. The Balaban J connectivity index is 0.00000256. The smallest absolute Gasteiger partial charge is 0.188 e. The molecule has 102 valence electrons. The molecule has 0 spiro atoms. The van der Waals surface area contributed by atoms with Gasteiger partial charge in [0.1, 0.15) is 0 Å². The second-order valence-electron chi connectivity index (χ2n) is 5.42. The molecule has 0 aromatic carbocycles. The van der Waals surface area contributed by atoms with Crippen LogP contribution >= 0.6 is 24.0 Å². The molecule has 0 aromatic heterocycles. The van der Waals surface area contributed by atoms with E-state index in [1.165, 1.54) is 19.3 Å². The summed E-state index contributed by atoms with van der Waals surface area (Å²) in [5.74, 6) is 0.531. The van der Waals surface area contributed by atoms with Crippen LogP contribution in [0.2, 0.25) is 0 Å². The van der Waals surface area contributed by atoms with E-state index in [2.05, 4.69) is 31.1 Å². The molecule has 0 saturated carbocycles. The maximum atomic E-state index is 5.77. The van der Waals surface area contributed by atoms with Gasteiger partial charge in [-0.2, -0.15) is 0 Å². The van der Waals surface area contributed by atoms with Gasteiger partial charge in [-0.3, -0.25) is 4.99 Å². The Morgan fingerprint density at radius 3 is 2.65 bits per heavy atom. The monoisotopic (exact) mass is 355 g/mol. The molecular weight excluding hydrogens is 329 g/mol. The lowest BCUT2D eigenvalue weighted by Crippen LogP contribution is -2.45. The van der Waals surface area contributed by atoms with Crippen LogP contribution in [0.25, 0.3) is 0 Å². The zero-order chi connectivity index (χ0) is 12.0. The number of hydrogen-bond acceptors (Lipinski definition) is 2. The lowest BCUT2D eigenvalue weighted by atomic mass is 10.1. The highest BCUT2D eigenvalue weighted by Crippen LogP contribution is 2.15. The summed E-state index contributed by atoms with van der Waals surface area (Å²) in [5, 5.41) is 3.14. The first-order chi connectivity index (χ1) is 7.47. The van der Waals surface area contributed by atoms with Crippen molar-refractivity contribution in [2.45, 2.75) is 58.1 Å². The van der Waals surface area contributed by atoms with E-state index in [-0.39, 0.29) is 29.5 Å². The van der Waals surface area contributed by atoms with Crippen LogP contribution in [0.5, 0.6) is 0 Å². The number of halogens is 1. The number of aliphatic imine (C=N–C) groups is 1. The molecular formula is C12H26IN3O. The zero-order valence-corrected chi connectivity index (χ0v) is 13.5. The number of nitrogens with zero attached hydrogens (tertiary/aromatic N) is 1. The van der Waals surface area contributed by atoms with Crippen molar-refractivity contribution in [1.29, 1.82) is 0 Å². The number of ether oxygens (including phenoxy) is 1. The van der Waals surface area contributed by atoms with E-state index in [9.17, 15) is 0 Å². The SMILES string of the molecule is CC(C)(C)NC(N)=NCCC1CCCCO1.I. The second-order valence-corrected chi connectivity index (χ2v) is 5.42. The summed E-state index contributed by atoms with van der Waals surface area (Å²) in [4.78, 5) is 4.31. The van der Waals surface area contributed by atoms with Gasteiger partial charge in [-0.05, 0) is 46.5 Å². The Morgan fingerprint density at radius 2 is 2.12 bits per heavy atom. The van der Waals surface area contributed by atoms with Crippen molar-refractivity contribution in [3.05, 3.63) is 0 Å². The van der Waals surface area contributed by atoms with Crippen LogP contribution in [0.1, 0.15) is 46.5 Å². The summed E-state index contributed by atoms with van der Waals surface area (Å²) >= 11 is 0. The average molecular weight is 355 g/mol. The van der Waals surface area contributed by atoms with Crippen molar-refractivity contribution in [3.63, 3.8) is 0 Å². The van der Waals surface area contributed by atoms with E-state index in [1.54, 1.807) is 0 Å². The predicted octanol–water partition coefficient (Wildman–Crippen LogP) is 2.27. The van der Waals surface area contributed by atoms with Gasteiger partial charge in [-0.25, -0.2) is 0 Å².